The lowest BCUT2D eigenvalue weighted by atomic mass is 10.1. The largest absolute Gasteiger partial charge is 0.454 e. The van der Waals surface area contributed by atoms with E-state index in [1.165, 1.54) is 12.4 Å². The molecule has 8 heteroatoms. The molecule has 2 unspecified atom stereocenters. The molecule has 0 aliphatic carbocycles. The molecule has 6 nitrogen and oxygen atoms in total. The van der Waals surface area contributed by atoms with Crippen LogP contribution in [-0.2, 0) is 21.8 Å². The van der Waals surface area contributed by atoms with Gasteiger partial charge in [-0.2, -0.15) is 5.10 Å². The summed E-state index contributed by atoms with van der Waals surface area (Å²) in [6.07, 6.45) is 3.86. The van der Waals surface area contributed by atoms with Gasteiger partial charge in [-0.15, -0.1) is 0 Å². The molecule has 0 radical (unpaired) electrons. The van der Waals surface area contributed by atoms with Crippen molar-refractivity contribution in [2.75, 3.05) is 6.61 Å². The minimum atomic E-state index is -0.992. The molecule has 2 heterocycles. The molecule has 3 aromatic rings. The van der Waals surface area contributed by atoms with Crippen LogP contribution in [0, 0.1) is 11.6 Å². The zero-order valence-corrected chi connectivity index (χ0v) is 15.2. The summed E-state index contributed by atoms with van der Waals surface area (Å²) < 4.78 is 46.2. The van der Waals surface area contributed by atoms with E-state index in [1.54, 1.807) is 35.3 Å². The number of rotatable bonds is 6. The van der Waals surface area contributed by atoms with Crippen molar-refractivity contribution in [1.29, 1.82) is 0 Å². The lowest BCUT2D eigenvalue weighted by Crippen LogP contribution is -2.33. The maximum absolute atomic E-state index is 13.8. The number of hydrogen-bond acceptors (Lipinski definition) is 5. The van der Waals surface area contributed by atoms with Crippen LogP contribution in [-0.4, -0.2) is 27.5 Å². The molecule has 4 rings (SSSR count). The Kier molecular flexibility index (Phi) is 5.06. The second-order valence-corrected chi connectivity index (χ2v) is 6.51. The number of nitrogens with zero attached hydrogens (tertiary/aromatic N) is 3. The Balaban J connectivity index is 1.57. The predicted octanol–water partition coefficient (Wildman–Crippen LogP) is 4.03. The number of ether oxygens (including phenoxy) is 3. The maximum atomic E-state index is 13.8. The summed E-state index contributed by atoms with van der Waals surface area (Å²) in [5.74, 6) is -2.05. The van der Waals surface area contributed by atoms with Gasteiger partial charge in [-0.1, -0.05) is 6.92 Å². The predicted molar refractivity (Wildman–Crippen MR) is 95.7 cm³/mol. The molecule has 0 spiro atoms. The van der Waals surface area contributed by atoms with Crippen molar-refractivity contribution in [2.45, 2.75) is 31.8 Å². The summed E-state index contributed by atoms with van der Waals surface area (Å²) in [4.78, 5) is 3.96. The number of benzene rings is 2. The van der Waals surface area contributed by atoms with Crippen molar-refractivity contribution in [2.24, 2.45) is 0 Å². The van der Waals surface area contributed by atoms with Crippen molar-refractivity contribution < 1.29 is 23.0 Å². The standard InChI is InChI=1S/C20H19F2N3O3/c1-2-16-10-26-20(28-16,11-25-13-23-12-24-25)14-3-6-17(7-4-14)27-19-8-5-15(21)9-18(19)22/h3-9,12-13,16H,2,10-11H2,1H3. The van der Waals surface area contributed by atoms with Gasteiger partial charge in [0.15, 0.2) is 11.6 Å². The quantitative estimate of drug-likeness (QED) is 0.639. The molecule has 1 aromatic heterocycles. The molecule has 2 atom stereocenters. The highest BCUT2D eigenvalue weighted by atomic mass is 19.1. The molecule has 1 fully saturated rings. The summed E-state index contributed by atoms with van der Waals surface area (Å²) >= 11 is 0. The Labute approximate surface area is 160 Å². The van der Waals surface area contributed by atoms with Gasteiger partial charge in [0.05, 0.1) is 12.7 Å². The van der Waals surface area contributed by atoms with Gasteiger partial charge in [0, 0.05) is 11.6 Å². The van der Waals surface area contributed by atoms with E-state index in [0.29, 0.717) is 18.9 Å². The van der Waals surface area contributed by atoms with E-state index in [0.717, 1.165) is 24.1 Å². The van der Waals surface area contributed by atoms with Gasteiger partial charge in [0.25, 0.3) is 0 Å². The van der Waals surface area contributed by atoms with Crippen LogP contribution in [0.1, 0.15) is 18.9 Å². The molecule has 28 heavy (non-hydrogen) atoms. The second-order valence-electron chi connectivity index (χ2n) is 6.51. The van der Waals surface area contributed by atoms with Crippen molar-refractivity contribution in [3.63, 3.8) is 0 Å². The van der Waals surface area contributed by atoms with E-state index in [-0.39, 0.29) is 11.9 Å². The fourth-order valence-electron chi connectivity index (χ4n) is 3.08. The number of aromatic nitrogens is 3. The van der Waals surface area contributed by atoms with Crippen LogP contribution in [0.15, 0.2) is 55.1 Å². The lowest BCUT2D eigenvalue weighted by molar-refractivity contribution is -0.188. The summed E-state index contributed by atoms with van der Waals surface area (Å²) in [5.41, 5.74) is 0.783. The van der Waals surface area contributed by atoms with Crippen LogP contribution in [0.25, 0.3) is 0 Å². The summed E-state index contributed by atoms with van der Waals surface area (Å²) in [7, 11) is 0. The fraction of sp³-hybridized carbons (Fsp3) is 0.300. The molecule has 146 valence electrons. The lowest BCUT2D eigenvalue weighted by Gasteiger charge is -2.28. The zero-order valence-electron chi connectivity index (χ0n) is 15.2. The minimum absolute atomic E-state index is 0.0206. The van der Waals surface area contributed by atoms with Crippen molar-refractivity contribution in [3.8, 4) is 11.5 Å². The van der Waals surface area contributed by atoms with Crippen LogP contribution in [0.5, 0.6) is 11.5 Å². The smallest absolute Gasteiger partial charge is 0.215 e. The highest BCUT2D eigenvalue weighted by Gasteiger charge is 2.43. The van der Waals surface area contributed by atoms with Gasteiger partial charge in [0.1, 0.15) is 30.8 Å². The van der Waals surface area contributed by atoms with Crippen molar-refractivity contribution >= 4 is 0 Å². The molecule has 0 N–H and O–H groups in total. The topological polar surface area (TPSA) is 58.4 Å². The third-order valence-corrected chi connectivity index (χ3v) is 4.57. The SMILES string of the molecule is CCC1COC(Cn2cncn2)(c2ccc(Oc3ccc(F)cc3F)cc2)O1. The highest BCUT2D eigenvalue weighted by Crippen LogP contribution is 2.38. The first kappa shape index (κ1) is 18.5. The molecule has 1 aliphatic heterocycles. The third-order valence-electron chi connectivity index (χ3n) is 4.57. The monoisotopic (exact) mass is 387 g/mol. The van der Waals surface area contributed by atoms with Crippen molar-refractivity contribution in [3.05, 3.63) is 72.3 Å². The molecule has 1 aliphatic rings. The third kappa shape index (κ3) is 3.74. The molecular weight excluding hydrogens is 368 g/mol. The van der Waals surface area contributed by atoms with Crippen molar-refractivity contribution in [1.82, 2.24) is 14.8 Å². The van der Waals surface area contributed by atoms with Gasteiger partial charge in [-0.25, -0.2) is 18.4 Å². The Morgan fingerprint density at radius 2 is 2.04 bits per heavy atom. The van der Waals surface area contributed by atoms with E-state index < -0.39 is 17.4 Å². The molecule has 1 saturated heterocycles. The average molecular weight is 387 g/mol. The van der Waals surface area contributed by atoms with Gasteiger partial charge in [-0.3, -0.25) is 0 Å². The first-order valence-electron chi connectivity index (χ1n) is 8.95. The second kappa shape index (κ2) is 7.65. The molecule has 2 aromatic carbocycles. The average Bonchev–Trinajstić information content (AvgIpc) is 3.35. The summed E-state index contributed by atoms with van der Waals surface area (Å²) in [6, 6.07) is 10.1. The fourth-order valence-corrected chi connectivity index (χ4v) is 3.08. The first-order chi connectivity index (χ1) is 13.6. The van der Waals surface area contributed by atoms with Gasteiger partial charge >= 0.3 is 0 Å². The van der Waals surface area contributed by atoms with E-state index in [4.69, 9.17) is 14.2 Å². The molecule has 0 saturated carbocycles. The number of halogens is 2. The summed E-state index contributed by atoms with van der Waals surface area (Å²) in [5, 5.41) is 4.14. The Bertz CT molecular complexity index is 934. The Morgan fingerprint density at radius 3 is 2.68 bits per heavy atom. The van der Waals surface area contributed by atoms with Gasteiger partial charge in [0.2, 0.25) is 5.79 Å². The molecule has 0 bridgehead atoms. The highest BCUT2D eigenvalue weighted by molar-refractivity contribution is 5.35. The number of hydrogen-bond donors (Lipinski definition) is 0. The van der Waals surface area contributed by atoms with Crippen LogP contribution >= 0.6 is 0 Å². The zero-order chi connectivity index (χ0) is 19.6. The molecule has 0 amide bonds. The maximum Gasteiger partial charge on any atom is 0.215 e. The Hall–Kier alpha value is -2.84. The minimum Gasteiger partial charge on any atom is -0.454 e. The van der Waals surface area contributed by atoms with Crippen LogP contribution < -0.4 is 4.74 Å². The molecular formula is C20H19F2N3O3. The van der Waals surface area contributed by atoms with E-state index in [9.17, 15) is 8.78 Å². The van der Waals surface area contributed by atoms with Crippen LogP contribution in [0.3, 0.4) is 0 Å². The van der Waals surface area contributed by atoms with Gasteiger partial charge < -0.3 is 14.2 Å². The van der Waals surface area contributed by atoms with E-state index in [1.807, 2.05) is 6.92 Å². The summed E-state index contributed by atoms with van der Waals surface area (Å²) in [6.45, 7) is 2.86. The Morgan fingerprint density at radius 1 is 1.21 bits per heavy atom. The van der Waals surface area contributed by atoms with E-state index in [2.05, 4.69) is 10.1 Å². The van der Waals surface area contributed by atoms with Crippen LogP contribution in [0.4, 0.5) is 8.78 Å². The first-order valence-corrected chi connectivity index (χ1v) is 8.95. The normalized spacial score (nSPS) is 21.8. The van der Waals surface area contributed by atoms with E-state index >= 15 is 0 Å². The van der Waals surface area contributed by atoms with Crippen LogP contribution in [0.2, 0.25) is 0 Å². The van der Waals surface area contributed by atoms with Gasteiger partial charge in [-0.05, 0) is 42.8 Å².